The molecule has 0 saturated heterocycles. The van der Waals surface area contributed by atoms with Crippen LogP contribution in [0.15, 0.2) is 0 Å². The average Bonchev–Trinajstić information content (AvgIpc) is 2.06. The van der Waals surface area contributed by atoms with Crippen LogP contribution in [0, 0.1) is 5.41 Å². The standard InChI is InChI=1S/C11H25NO3S/c1-11(2,3)7-9-15-8-5-4-6-10-16(12,13)14/h4-10H2,1-3H3,(H2,12,13,14). The topological polar surface area (TPSA) is 69.4 Å². The lowest BCUT2D eigenvalue weighted by molar-refractivity contribution is 0.105. The number of primary sulfonamides is 1. The summed E-state index contributed by atoms with van der Waals surface area (Å²) in [6.07, 6.45) is 3.43. The van der Waals surface area contributed by atoms with E-state index in [1.54, 1.807) is 0 Å². The van der Waals surface area contributed by atoms with Crippen LogP contribution in [0.4, 0.5) is 0 Å². The SMILES string of the molecule is CC(C)(C)CCOCCCCCS(N)(=O)=O. The molecule has 0 aromatic rings. The van der Waals surface area contributed by atoms with E-state index in [1.807, 2.05) is 0 Å². The molecule has 0 heterocycles. The second kappa shape index (κ2) is 7.25. The molecular weight excluding hydrogens is 226 g/mol. The van der Waals surface area contributed by atoms with Gasteiger partial charge in [0, 0.05) is 13.2 Å². The third-order valence-electron chi connectivity index (χ3n) is 2.21. The second-order valence-corrected chi connectivity index (χ2v) is 7.08. The molecule has 16 heavy (non-hydrogen) atoms. The lowest BCUT2D eigenvalue weighted by Crippen LogP contribution is -2.16. The van der Waals surface area contributed by atoms with Gasteiger partial charge in [-0.05, 0) is 24.7 Å². The first-order valence-corrected chi connectivity index (χ1v) is 7.50. The molecule has 0 amide bonds. The van der Waals surface area contributed by atoms with Gasteiger partial charge in [0.05, 0.1) is 5.75 Å². The fourth-order valence-corrected chi connectivity index (χ4v) is 1.77. The van der Waals surface area contributed by atoms with Crippen LogP contribution in [-0.4, -0.2) is 27.4 Å². The van der Waals surface area contributed by atoms with Crippen molar-refractivity contribution >= 4 is 10.0 Å². The summed E-state index contributed by atoms with van der Waals surface area (Å²) in [4.78, 5) is 0. The predicted octanol–water partition coefficient (Wildman–Crippen LogP) is 1.90. The van der Waals surface area contributed by atoms with Crippen molar-refractivity contribution < 1.29 is 13.2 Å². The monoisotopic (exact) mass is 251 g/mol. The maximum Gasteiger partial charge on any atom is 0.209 e. The Hall–Kier alpha value is -0.130. The van der Waals surface area contributed by atoms with Gasteiger partial charge >= 0.3 is 0 Å². The maximum atomic E-state index is 10.6. The van der Waals surface area contributed by atoms with E-state index < -0.39 is 10.0 Å². The highest BCUT2D eigenvalue weighted by atomic mass is 32.2. The first kappa shape index (κ1) is 15.9. The van der Waals surface area contributed by atoms with E-state index in [-0.39, 0.29) is 5.75 Å². The fourth-order valence-electron chi connectivity index (χ4n) is 1.16. The van der Waals surface area contributed by atoms with Crippen molar-refractivity contribution in [3.63, 3.8) is 0 Å². The van der Waals surface area contributed by atoms with Crippen molar-refractivity contribution in [3.05, 3.63) is 0 Å². The Morgan fingerprint density at radius 1 is 1.06 bits per heavy atom. The van der Waals surface area contributed by atoms with Gasteiger partial charge in [-0.3, -0.25) is 0 Å². The van der Waals surface area contributed by atoms with Gasteiger partial charge in [-0.1, -0.05) is 27.2 Å². The minimum absolute atomic E-state index is 0.0784. The average molecular weight is 251 g/mol. The number of sulfonamides is 1. The van der Waals surface area contributed by atoms with Crippen LogP contribution in [-0.2, 0) is 14.8 Å². The normalized spacial score (nSPS) is 13.0. The van der Waals surface area contributed by atoms with Crippen molar-refractivity contribution in [3.8, 4) is 0 Å². The molecule has 0 aromatic carbocycles. The molecule has 5 heteroatoms. The Morgan fingerprint density at radius 2 is 1.69 bits per heavy atom. The molecule has 0 radical (unpaired) electrons. The number of hydrogen-bond acceptors (Lipinski definition) is 3. The first-order chi connectivity index (χ1) is 7.21. The van der Waals surface area contributed by atoms with E-state index in [9.17, 15) is 8.42 Å². The molecule has 0 fully saturated rings. The maximum absolute atomic E-state index is 10.6. The number of ether oxygens (including phenoxy) is 1. The lowest BCUT2D eigenvalue weighted by atomic mass is 9.93. The van der Waals surface area contributed by atoms with Gasteiger partial charge in [-0.15, -0.1) is 0 Å². The molecule has 0 aromatic heterocycles. The van der Waals surface area contributed by atoms with Crippen molar-refractivity contribution in [2.75, 3.05) is 19.0 Å². The van der Waals surface area contributed by atoms with Crippen LogP contribution in [0.25, 0.3) is 0 Å². The van der Waals surface area contributed by atoms with E-state index in [1.165, 1.54) is 0 Å². The summed E-state index contributed by atoms with van der Waals surface area (Å²) in [5.74, 6) is 0.0784. The molecule has 0 aliphatic carbocycles. The van der Waals surface area contributed by atoms with Crippen LogP contribution < -0.4 is 5.14 Å². The number of hydrogen-bond donors (Lipinski definition) is 1. The van der Waals surface area contributed by atoms with Gasteiger partial charge < -0.3 is 4.74 Å². The summed E-state index contributed by atoms with van der Waals surface area (Å²) >= 11 is 0. The summed E-state index contributed by atoms with van der Waals surface area (Å²) in [6, 6.07) is 0. The molecule has 98 valence electrons. The van der Waals surface area contributed by atoms with E-state index in [4.69, 9.17) is 9.88 Å². The van der Waals surface area contributed by atoms with Crippen LogP contribution in [0.2, 0.25) is 0 Å². The van der Waals surface area contributed by atoms with Gasteiger partial charge in [0.15, 0.2) is 0 Å². The Morgan fingerprint density at radius 3 is 2.19 bits per heavy atom. The minimum Gasteiger partial charge on any atom is -0.381 e. The predicted molar refractivity (Wildman–Crippen MR) is 66.7 cm³/mol. The Bertz CT molecular complexity index is 267. The molecule has 0 aliphatic heterocycles. The molecule has 4 nitrogen and oxygen atoms in total. The third kappa shape index (κ3) is 13.9. The summed E-state index contributed by atoms with van der Waals surface area (Å²) in [5, 5.41) is 4.89. The van der Waals surface area contributed by atoms with E-state index in [0.29, 0.717) is 18.4 Å². The number of unbranched alkanes of at least 4 members (excludes halogenated alkanes) is 2. The van der Waals surface area contributed by atoms with E-state index in [0.717, 1.165) is 25.9 Å². The summed E-state index contributed by atoms with van der Waals surface area (Å²) in [6.45, 7) is 8.03. The quantitative estimate of drug-likeness (QED) is 0.670. The van der Waals surface area contributed by atoms with Crippen LogP contribution in [0.3, 0.4) is 0 Å². The molecule has 0 atom stereocenters. The molecule has 0 bridgehead atoms. The van der Waals surface area contributed by atoms with Gasteiger partial charge in [0.1, 0.15) is 0 Å². The Balaban J connectivity index is 3.23. The highest BCUT2D eigenvalue weighted by molar-refractivity contribution is 7.89. The zero-order chi connectivity index (χ0) is 12.7. The fraction of sp³-hybridized carbons (Fsp3) is 1.00. The van der Waals surface area contributed by atoms with Gasteiger partial charge in [-0.2, -0.15) is 0 Å². The Kier molecular flexibility index (Phi) is 7.19. The molecule has 2 N–H and O–H groups in total. The smallest absolute Gasteiger partial charge is 0.209 e. The zero-order valence-corrected chi connectivity index (χ0v) is 11.5. The molecule has 0 saturated carbocycles. The largest absolute Gasteiger partial charge is 0.381 e. The lowest BCUT2D eigenvalue weighted by Gasteiger charge is -2.17. The molecule has 0 aliphatic rings. The highest BCUT2D eigenvalue weighted by Gasteiger charge is 2.09. The summed E-state index contributed by atoms with van der Waals surface area (Å²) < 4.78 is 26.7. The minimum atomic E-state index is -3.28. The number of rotatable bonds is 8. The first-order valence-electron chi connectivity index (χ1n) is 5.79. The zero-order valence-electron chi connectivity index (χ0n) is 10.7. The molecule has 0 spiro atoms. The van der Waals surface area contributed by atoms with Crippen LogP contribution in [0.1, 0.15) is 46.5 Å². The van der Waals surface area contributed by atoms with Crippen molar-refractivity contribution in [1.29, 1.82) is 0 Å². The third-order valence-corrected chi connectivity index (χ3v) is 3.07. The van der Waals surface area contributed by atoms with Crippen molar-refractivity contribution in [2.45, 2.75) is 46.5 Å². The van der Waals surface area contributed by atoms with Crippen LogP contribution >= 0.6 is 0 Å². The van der Waals surface area contributed by atoms with Gasteiger partial charge in [0.25, 0.3) is 0 Å². The molecule has 0 unspecified atom stereocenters. The van der Waals surface area contributed by atoms with Gasteiger partial charge in [-0.25, -0.2) is 13.6 Å². The summed E-state index contributed by atoms with van der Waals surface area (Å²) in [7, 11) is -3.28. The van der Waals surface area contributed by atoms with Crippen LogP contribution in [0.5, 0.6) is 0 Å². The van der Waals surface area contributed by atoms with Gasteiger partial charge in [0.2, 0.25) is 10.0 Å². The second-order valence-electron chi connectivity index (χ2n) is 5.35. The summed E-state index contributed by atoms with van der Waals surface area (Å²) in [5.41, 5.74) is 0.313. The van der Waals surface area contributed by atoms with E-state index in [2.05, 4.69) is 20.8 Å². The molecule has 0 rings (SSSR count). The number of nitrogens with two attached hydrogens (primary N) is 1. The highest BCUT2D eigenvalue weighted by Crippen LogP contribution is 2.17. The van der Waals surface area contributed by atoms with Crippen molar-refractivity contribution in [2.24, 2.45) is 10.6 Å². The van der Waals surface area contributed by atoms with E-state index >= 15 is 0 Å². The molecular formula is C11H25NO3S. The van der Waals surface area contributed by atoms with Crippen molar-refractivity contribution in [1.82, 2.24) is 0 Å². The Labute approximate surface area is 99.6 Å².